The summed E-state index contributed by atoms with van der Waals surface area (Å²) in [6, 6.07) is -0.930. The van der Waals surface area contributed by atoms with E-state index in [0.717, 1.165) is 4.90 Å². The maximum Gasteiger partial charge on any atom is 0.406 e. The predicted octanol–water partition coefficient (Wildman–Crippen LogP) is 2.03. The van der Waals surface area contributed by atoms with Crippen molar-refractivity contribution >= 4 is 12.0 Å². The monoisotopic (exact) mass is 284 g/mol. The Morgan fingerprint density at radius 1 is 1.26 bits per heavy atom. The van der Waals surface area contributed by atoms with Gasteiger partial charge in [-0.2, -0.15) is 13.2 Å². The Bertz CT molecular complexity index is 319. The van der Waals surface area contributed by atoms with Crippen molar-refractivity contribution in [3.05, 3.63) is 0 Å². The maximum absolute atomic E-state index is 12.3. The number of carboxylic acid groups (broad SMARTS) is 1. The molecule has 0 aromatic heterocycles. The van der Waals surface area contributed by atoms with Gasteiger partial charge >= 0.3 is 18.2 Å². The van der Waals surface area contributed by atoms with Gasteiger partial charge in [0.05, 0.1) is 0 Å². The minimum absolute atomic E-state index is 0.280. The second kappa shape index (κ2) is 7.20. The molecule has 0 heterocycles. The SMILES string of the molecule is CC(C)CCN(C)C(=O)N(CC(=O)O)CC(F)(F)F. The number of urea groups is 1. The first kappa shape index (κ1) is 17.5. The summed E-state index contributed by atoms with van der Waals surface area (Å²) in [4.78, 5) is 23.7. The lowest BCUT2D eigenvalue weighted by atomic mass is 10.1. The zero-order valence-corrected chi connectivity index (χ0v) is 11.2. The zero-order chi connectivity index (χ0) is 15.2. The molecular formula is C11H19F3N2O3. The van der Waals surface area contributed by atoms with Crippen LogP contribution in [0.3, 0.4) is 0 Å². The number of rotatable bonds is 6. The zero-order valence-electron chi connectivity index (χ0n) is 11.2. The Hall–Kier alpha value is -1.47. The van der Waals surface area contributed by atoms with Gasteiger partial charge in [0.25, 0.3) is 0 Å². The highest BCUT2D eigenvalue weighted by Gasteiger charge is 2.34. The lowest BCUT2D eigenvalue weighted by Crippen LogP contribution is -2.48. The molecule has 0 saturated carbocycles. The first-order valence-corrected chi connectivity index (χ1v) is 5.81. The molecule has 2 amide bonds. The summed E-state index contributed by atoms with van der Waals surface area (Å²) in [7, 11) is 1.36. The third-order valence-electron chi connectivity index (χ3n) is 2.34. The number of carboxylic acids is 1. The number of halogens is 3. The molecule has 8 heteroatoms. The first-order valence-electron chi connectivity index (χ1n) is 5.81. The molecule has 0 atom stereocenters. The Morgan fingerprint density at radius 3 is 2.16 bits per heavy atom. The molecule has 0 aliphatic rings. The van der Waals surface area contributed by atoms with E-state index in [1.807, 2.05) is 13.8 Å². The Morgan fingerprint density at radius 2 is 1.79 bits per heavy atom. The Labute approximate surface area is 110 Å². The van der Waals surface area contributed by atoms with E-state index in [-0.39, 0.29) is 11.4 Å². The Balaban J connectivity index is 4.65. The van der Waals surface area contributed by atoms with Crippen LogP contribution in [0.25, 0.3) is 0 Å². The minimum atomic E-state index is -4.62. The number of carbonyl (C=O) groups excluding carboxylic acids is 1. The largest absolute Gasteiger partial charge is 0.480 e. The molecule has 19 heavy (non-hydrogen) atoms. The van der Waals surface area contributed by atoms with Gasteiger partial charge in [0.1, 0.15) is 13.1 Å². The number of aliphatic carboxylic acids is 1. The Kier molecular flexibility index (Phi) is 6.64. The average Bonchev–Trinajstić information content (AvgIpc) is 2.21. The summed E-state index contributed by atoms with van der Waals surface area (Å²) in [5.74, 6) is -1.18. The molecule has 0 saturated heterocycles. The van der Waals surface area contributed by atoms with Crippen LogP contribution in [-0.4, -0.2) is 59.8 Å². The van der Waals surface area contributed by atoms with Crippen molar-refractivity contribution in [3.8, 4) is 0 Å². The number of amides is 2. The molecule has 0 radical (unpaired) electrons. The molecule has 0 aromatic carbocycles. The molecule has 0 bridgehead atoms. The highest BCUT2D eigenvalue weighted by Crippen LogP contribution is 2.17. The van der Waals surface area contributed by atoms with Crippen molar-refractivity contribution < 1.29 is 27.9 Å². The lowest BCUT2D eigenvalue weighted by molar-refractivity contribution is -0.149. The fourth-order valence-corrected chi connectivity index (χ4v) is 1.36. The third-order valence-corrected chi connectivity index (χ3v) is 2.34. The number of hydrogen-bond acceptors (Lipinski definition) is 2. The summed E-state index contributed by atoms with van der Waals surface area (Å²) < 4.78 is 36.9. The smallest absolute Gasteiger partial charge is 0.406 e. The first-order chi connectivity index (χ1) is 8.53. The average molecular weight is 284 g/mol. The number of hydrogen-bond donors (Lipinski definition) is 1. The van der Waals surface area contributed by atoms with E-state index < -0.39 is 31.3 Å². The van der Waals surface area contributed by atoms with E-state index in [9.17, 15) is 22.8 Å². The van der Waals surface area contributed by atoms with Gasteiger partial charge in [0, 0.05) is 13.6 Å². The minimum Gasteiger partial charge on any atom is -0.480 e. The molecule has 0 fully saturated rings. The topological polar surface area (TPSA) is 60.9 Å². The molecule has 1 N–H and O–H groups in total. The van der Waals surface area contributed by atoms with Crippen molar-refractivity contribution in [1.82, 2.24) is 9.80 Å². The molecular weight excluding hydrogens is 265 g/mol. The fraction of sp³-hybridized carbons (Fsp3) is 0.818. The van der Waals surface area contributed by atoms with Gasteiger partial charge in [-0.15, -0.1) is 0 Å². The van der Waals surface area contributed by atoms with Crippen LogP contribution >= 0.6 is 0 Å². The molecule has 0 aliphatic heterocycles. The molecule has 0 spiro atoms. The van der Waals surface area contributed by atoms with Crippen LogP contribution in [0.4, 0.5) is 18.0 Å². The lowest BCUT2D eigenvalue weighted by Gasteiger charge is -2.28. The van der Waals surface area contributed by atoms with Crippen molar-refractivity contribution in [2.24, 2.45) is 5.92 Å². The van der Waals surface area contributed by atoms with Crippen molar-refractivity contribution in [2.45, 2.75) is 26.4 Å². The number of carbonyl (C=O) groups is 2. The normalized spacial score (nSPS) is 11.5. The van der Waals surface area contributed by atoms with E-state index in [2.05, 4.69) is 0 Å². The third kappa shape index (κ3) is 8.28. The van der Waals surface area contributed by atoms with Crippen LogP contribution in [0.15, 0.2) is 0 Å². The van der Waals surface area contributed by atoms with E-state index in [1.54, 1.807) is 0 Å². The molecule has 0 unspecified atom stereocenters. The molecule has 112 valence electrons. The van der Waals surface area contributed by atoms with E-state index in [0.29, 0.717) is 12.3 Å². The summed E-state index contributed by atoms with van der Waals surface area (Å²) >= 11 is 0. The van der Waals surface area contributed by atoms with Crippen LogP contribution in [0, 0.1) is 5.92 Å². The van der Waals surface area contributed by atoms with Gasteiger partial charge in [0.2, 0.25) is 0 Å². The van der Waals surface area contributed by atoms with E-state index >= 15 is 0 Å². The van der Waals surface area contributed by atoms with Crippen LogP contribution in [-0.2, 0) is 4.79 Å². The van der Waals surface area contributed by atoms with Crippen molar-refractivity contribution in [2.75, 3.05) is 26.7 Å². The van der Waals surface area contributed by atoms with Crippen molar-refractivity contribution in [3.63, 3.8) is 0 Å². The van der Waals surface area contributed by atoms with Crippen LogP contribution in [0.1, 0.15) is 20.3 Å². The van der Waals surface area contributed by atoms with Gasteiger partial charge in [-0.25, -0.2) is 4.79 Å². The number of nitrogens with zero attached hydrogens (tertiary/aromatic N) is 2. The number of alkyl halides is 3. The standard InChI is InChI=1S/C11H19F3N2O3/c1-8(2)4-5-15(3)10(19)16(6-9(17)18)7-11(12,13)14/h8H,4-7H2,1-3H3,(H,17,18). The molecule has 5 nitrogen and oxygen atoms in total. The molecule has 0 rings (SSSR count). The van der Waals surface area contributed by atoms with Gasteiger partial charge in [-0.05, 0) is 12.3 Å². The van der Waals surface area contributed by atoms with E-state index in [4.69, 9.17) is 5.11 Å². The quantitative estimate of drug-likeness (QED) is 0.812. The molecule has 0 aliphatic carbocycles. The van der Waals surface area contributed by atoms with Crippen molar-refractivity contribution in [1.29, 1.82) is 0 Å². The highest BCUT2D eigenvalue weighted by molar-refractivity contribution is 5.80. The van der Waals surface area contributed by atoms with Gasteiger partial charge in [-0.1, -0.05) is 13.8 Å². The van der Waals surface area contributed by atoms with Crippen LogP contribution in [0.2, 0.25) is 0 Å². The van der Waals surface area contributed by atoms with Crippen LogP contribution < -0.4 is 0 Å². The summed E-state index contributed by atoms with van der Waals surface area (Å²) in [5.41, 5.74) is 0. The highest BCUT2D eigenvalue weighted by atomic mass is 19.4. The van der Waals surface area contributed by atoms with Crippen LogP contribution in [0.5, 0.6) is 0 Å². The van der Waals surface area contributed by atoms with Gasteiger partial charge < -0.3 is 14.9 Å². The molecule has 0 aromatic rings. The van der Waals surface area contributed by atoms with Gasteiger partial charge in [0.15, 0.2) is 0 Å². The maximum atomic E-state index is 12.3. The predicted molar refractivity (Wildman–Crippen MR) is 62.7 cm³/mol. The summed E-state index contributed by atoms with van der Waals surface area (Å²) in [6.45, 7) is 1.59. The summed E-state index contributed by atoms with van der Waals surface area (Å²) in [5, 5.41) is 8.55. The summed E-state index contributed by atoms with van der Waals surface area (Å²) in [6.07, 6.45) is -3.99. The second-order valence-electron chi connectivity index (χ2n) is 4.75. The second-order valence-corrected chi connectivity index (χ2v) is 4.75. The van der Waals surface area contributed by atoms with E-state index in [1.165, 1.54) is 7.05 Å². The van der Waals surface area contributed by atoms with Gasteiger partial charge in [-0.3, -0.25) is 4.79 Å². The fourth-order valence-electron chi connectivity index (χ4n) is 1.36.